The maximum absolute atomic E-state index is 12.5. The molecular formula is C12H13BrN2O4S. The third-order valence-electron chi connectivity index (χ3n) is 3.14. The molecule has 1 heterocycles. The first kappa shape index (κ1) is 15.1. The zero-order chi connectivity index (χ0) is 14.9. The van der Waals surface area contributed by atoms with Crippen molar-refractivity contribution >= 4 is 31.6 Å². The first-order valence-electron chi connectivity index (χ1n) is 5.92. The monoisotopic (exact) mass is 360 g/mol. The minimum atomic E-state index is -3.87. The standard InChI is InChI=1S/C12H13BrN2O4S/c1-9-4-6-14(7-5-9)20(18,19)12-8-10(13)2-3-11(12)15(16)17/h2-4,8H,5-7H2,1H3. The highest BCUT2D eigenvalue weighted by molar-refractivity contribution is 9.10. The molecule has 0 radical (unpaired) electrons. The summed E-state index contributed by atoms with van der Waals surface area (Å²) in [5, 5.41) is 11.0. The molecule has 0 unspecified atom stereocenters. The maximum atomic E-state index is 12.5. The van der Waals surface area contributed by atoms with Crippen molar-refractivity contribution in [1.82, 2.24) is 4.31 Å². The van der Waals surface area contributed by atoms with Gasteiger partial charge >= 0.3 is 0 Å². The molecule has 1 aliphatic heterocycles. The van der Waals surface area contributed by atoms with Gasteiger partial charge in [0.1, 0.15) is 0 Å². The molecule has 1 aromatic rings. The van der Waals surface area contributed by atoms with Crippen LogP contribution < -0.4 is 0 Å². The molecule has 0 bridgehead atoms. The summed E-state index contributed by atoms with van der Waals surface area (Å²) < 4.78 is 26.8. The van der Waals surface area contributed by atoms with Gasteiger partial charge < -0.3 is 0 Å². The van der Waals surface area contributed by atoms with Crippen LogP contribution in [0.1, 0.15) is 13.3 Å². The molecule has 1 aromatic carbocycles. The number of hydrogen-bond acceptors (Lipinski definition) is 4. The predicted octanol–water partition coefficient (Wildman–Crippen LogP) is 2.70. The van der Waals surface area contributed by atoms with Crippen molar-refractivity contribution in [2.24, 2.45) is 0 Å². The number of sulfonamides is 1. The summed E-state index contributed by atoms with van der Waals surface area (Å²) in [5.74, 6) is 0. The van der Waals surface area contributed by atoms with E-state index in [1.54, 1.807) is 0 Å². The lowest BCUT2D eigenvalue weighted by molar-refractivity contribution is -0.387. The highest BCUT2D eigenvalue weighted by Gasteiger charge is 2.32. The zero-order valence-electron chi connectivity index (χ0n) is 10.7. The Morgan fingerprint density at radius 2 is 2.10 bits per heavy atom. The van der Waals surface area contributed by atoms with Crippen LogP contribution in [-0.2, 0) is 10.0 Å². The van der Waals surface area contributed by atoms with Crippen LogP contribution in [0.2, 0.25) is 0 Å². The van der Waals surface area contributed by atoms with Gasteiger partial charge in [-0.2, -0.15) is 4.31 Å². The van der Waals surface area contributed by atoms with Crippen LogP contribution in [0.25, 0.3) is 0 Å². The molecule has 2 rings (SSSR count). The molecule has 8 heteroatoms. The number of nitro benzene ring substituents is 1. The molecule has 0 amide bonds. The molecule has 0 N–H and O–H groups in total. The number of rotatable bonds is 3. The fraction of sp³-hybridized carbons (Fsp3) is 0.333. The van der Waals surface area contributed by atoms with E-state index in [0.717, 1.165) is 5.57 Å². The first-order chi connectivity index (χ1) is 9.32. The minimum Gasteiger partial charge on any atom is -0.258 e. The summed E-state index contributed by atoms with van der Waals surface area (Å²) in [6.07, 6.45) is 2.46. The van der Waals surface area contributed by atoms with Crippen LogP contribution >= 0.6 is 15.9 Å². The average Bonchev–Trinajstić information content (AvgIpc) is 2.38. The summed E-state index contributed by atoms with van der Waals surface area (Å²) in [6, 6.07) is 3.93. The Hall–Kier alpha value is -1.25. The van der Waals surface area contributed by atoms with Crippen LogP contribution in [-0.4, -0.2) is 30.7 Å². The van der Waals surface area contributed by atoms with Gasteiger partial charge in [0.15, 0.2) is 4.90 Å². The molecule has 108 valence electrons. The summed E-state index contributed by atoms with van der Waals surface area (Å²) in [6.45, 7) is 2.53. The second-order valence-electron chi connectivity index (χ2n) is 4.53. The lowest BCUT2D eigenvalue weighted by Crippen LogP contribution is -2.35. The number of halogens is 1. The number of hydrogen-bond donors (Lipinski definition) is 0. The Kier molecular flexibility index (Phi) is 4.26. The van der Waals surface area contributed by atoms with Gasteiger partial charge in [-0.15, -0.1) is 0 Å². The van der Waals surface area contributed by atoms with Gasteiger partial charge in [-0.25, -0.2) is 8.42 Å². The molecule has 0 spiro atoms. The molecular weight excluding hydrogens is 348 g/mol. The molecule has 0 fully saturated rings. The first-order valence-corrected chi connectivity index (χ1v) is 8.15. The fourth-order valence-corrected chi connectivity index (χ4v) is 4.03. The van der Waals surface area contributed by atoms with Crippen molar-refractivity contribution in [2.75, 3.05) is 13.1 Å². The second-order valence-corrected chi connectivity index (χ2v) is 7.35. The smallest absolute Gasteiger partial charge is 0.258 e. The number of nitro groups is 1. The van der Waals surface area contributed by atoms with E-state index in [-0.39, 0.29) is 11.4 Å². The molecule has 0 saturated carbocycles. The van der Waals surface area contributed by atoms with Gasteiger partial charge in [-0.1, -0.05) is 27.6 Å². The van der Waals surface area contributed by atoms with E-state index in [9.17, 15) is 18.5 Å². The van der Waals surface area contributed by atoms with Gasteiger partial charge in [0.2, 0.25) is 10.0 Å². The molecule has 1 aliphatic rings. The zero-order valence-corrected chi connectivity index (χ0v) is 13.1. The highest BCUT2D eigenvalue weighted by Crippen LogP contribution is 2.30. The molecule has 6 nitrogen and oxygen atoms in total. The van der Waals surface area contributed by atoms with E-state index >= 15 is 0 Å². The largest absolute Gasteiger partial charge is 0.289 e. The van der Waals surface area contributed by atoms with E-state index in [2.05, 4.69) is 15.9 Å². The van der Waals surface area contributed by atoms with Crippen molar-refractivity contribution < 1.29 is 13.3 Å². The summed E-state index contributed by atoms with van der Waals surface area (Å²) in [7, 11) is -3.87. The third kappa shape index (κ3) is 2.92. The van der Waals surface area contributed by atoms with Crippen molar-refractivity contribution in [2.45, 2.75) is 18.2 Å². The van der Waals surface area contributed by atoms with Gasteiger partial charge in [0.25, 0.3) is 5.69 Å². The second kappa shape index (κ2) is 5.63. The van der Waals surface area contributed by atoms with E-state index < -0.39 is 20.6 Å². The van der Waals surface area contributed by atoms with Gasteiger partial charge in [0, 0.05) is 23.6 Å². The van der Waals surface area contributed by atoms with Crippen molar-refractivity contribution in [3.63, 3.8) is 0 Å². The number of nitrogens with zero attached hydrogens (tertiary/aromatic N) is 2. The van der Waals surface area contributed by atoms with E-state index in [4.69, 9.17) is 0 Å². The lowest BCUT2D eigenvalue weighted by atomic mass is 10.1. The topological polar surface area (TPSA) is 80.5 Å². The molecule has 0 aliphatic carbocycles. The summed E-state index contributed by atoms with van der Waals surface area (Å²) in [5.41, 5.74) is 0.722. The Morgan fingerprint density at radius 3 is 2.65 bits per heavy atom. The van der Waals surface area contributed by atoms with Gasteiger partial charge in [0.05, 0.1) is 4.92 Å². The summed E-state index contributed by atoms with van der Waals surface area (Å²) >= 11 is 3.15. The van der Waals surface area contributed by atoms with Crippen molar-refractivity contribution in [3.05, 3.63) is 44.4 Å². The fourth-order valence-electron chi connectivity index (χ4n) is 1.95. The quantitative estimate of drug-likeness (QED) is 0.471. The SMILES string of the molecule is CC1=CCN(S(=O)(=O)c2cc(Br)ccc2[N+](=O)[O-])CC1. The van der Waals surface area contributed by atoms with Crippen LogP contribution in [0.15, 0.2) is 39.2 Å². The molecule has 0 saturated heterocycles. The van der Waals surface area contributed by atoms with Crippen LogP contribution in [0.4, 0.5) is 5.69 Å². The van der Waals surface area contributed by atoms with Crippen molar-refractivity contribution in [1.29, 1.82) is 0 Å². The molecule has 0 atom stereocenters. The van der Waals surface area contributed by atoms with E-state index in [1.165, 1.54) is 22.5 Å². The summed E-state index contributed by atoms with van der Waals surface area (Å²) in [4.78, 5) is 10.1. The highest BCUT2D eigenvalue weighted by atomic mass is 79.9. The van der Waals surface area contributed by atoms with E-state index in [0.29, 0.717) is 17.4 Å². The molecule has 0 aromatic heterocycles. The van der Waals surface area contributed by atoms with Crippen LogP contribution in [0.3, 0.4) is 0 Å². The lowest BCUT2D eigenvalue weighted by Gasteiger charge is -2.24. The predicted molar refractivity (Wildman–Crippen MR) is 77.9 cm³/mol. The Morgan fingerprint density at radius 1 is 1.40 bits per heavy atom. The Balaban J connectivity index is 2.49. The normalized spacial score (nSPS) is 16.8. The van der Waals surface area contributed by atoms with E-state index in [1.807, 2.05) is 13.0 Å². The average molecular weight is 361 g/mol. The maximum Gasteiger partial charge on any atom is 0.289 e. The minimum absolute atomic E-state index is 0.248. The third-order valence-corrected chi connectivity index (χ3v) is 5.52. The van der Waals surface area contributed by atoms with Crippen molar-refractivity contribution in [3.8, 4) is 0 Å². The van der Waals surface area contributed by atoms with Gasteiger partial charge in [-0.05, 0) is 25.5 Å². The van der Waals surface area contributed by atoms with Crippen LogP contribution in [0.5, 0.6) is 0 Å². The Labute approximate surface area is 125 Å². The van der Waals surface area contributed by atoms with Crippen LogP contribution in [0, 0.1) is 10.1 Å². The molecule has 20 heavy (non-hydrogen) atoms. The number of benzene rings is 1. The van der Waals surface area contributed by atoms with Gasteiger partial charge in [-0.3, -0.25) is 10.1 Å². The Bertz CT molecular complexity index is 685.